The van der Waals surface area contributed by atoms with Gasteiger partial charge in [-0.3, -0.25) is 11.3 Å². The van der Waals surface area contributed by atoms with Crippen molar-refractivity contribution < 1.29 is 14.2 Å². The van der Waals surface area contributed by atoms with Gasteiger partial charge in [0.2, 0.25) is 0 Å². The zero-order valence-corrected chi connectivity index (χ0v) is 12.4. The van der Waals surface area contributed by atoms with Crippen LogP contribution in [0.2, 0.25) is 0 Å². The molecule has 0 radical (unpaired) electrons. The summed E-state index contributed by atoms with van der Waals surface area (Å²) in [5.41, 5.74) is 3.82. The maximum atomic E-state index is 5.76. The molecule has 1 unspecified atom stereocenters. The molecule has 0 aliphatic heterocycles. The van der Waals surface area contributed by atoms with Gasteiger partial charge in [-0.25, -0.2) is 0 Å². The standard InChI is InChI=1S/C15H24N2O3/c1-18-11-5-6-14(19-2)12(9-11)13(17-16)10-15(20-3)7-4-8-15/h5-6,9,13,17H,4,7-8,10,16H2,1-3H3. The third-order valence-electron chi connectivity index (χ3n) is 4.29. The Morgan fingerprint density at radius 1 is 1.25 bits per heavy atom. The van der Waals surface area contributed by atoms with E-state index < -0.39 is 0 Å². The van der Waals surface area contributed by atoms with Crippen molar-refractivity contribution in [2.24, 2.45) is 5.84 Å². The first-order chi connectivity index (χ1) is 9.68. The molecule has 0 spiro atoms. The van der Waals surface area contributed by atoms with Gasteiger partial charge in [0, 0.05) is 12.7 Å². The van der Waals surface area contributed by atoms with E-state index in [-0.39, 0.29) is 11.6 Å². The van der Waals surface area contributed by atoms with Crippen LogP contribution >= 0.6 is 0 Å². The number of rotatable bonds is 7. The fourth-order valence-electron chi connectivity index (χ4n) is 2.81. The molecule has 2 rings (SSSR count). The fraction of sp³-hybridized carbons (Fsp3) is 0.600. The van der Waals surface area contributed by atoms with E-state index in [0.29, 0.717) is 0 Å². The average Bonchev–Trinajstić information content (AvgIpc) is 2.46. The van der Waals surface area contributed by atoms with Gasteiger partial charge in [0.1, 0.15) is 11.5 Å². The maximum Gasteiger partial charge on any atom is 0.123 e. The molecule has 112 valence electrons. The van der Waals surface area contributed by atoms with Gasteiger partial charge in [-0.05, 0) is 43.9 Å². The van der Waals surface area contributed by atoms with Crippen LogP contribution in [0, 0.1) is 0 Å². The first-order valence-corrected chi connectivity index (χ1v) is 6.91. The van der Waals surface area contributed by atoms with Gasteiger partial charge in [0.05, 0.1) is 25.9 Å². The van der Waals surface area contributed by atoms with Gasteiger partial charge in [-0.1, -0.05) is 0 Å². The first kappa shape index (κ1) is 15.1. The van der Waals surface area contributed by atoms with Crippen LogP contribution in [0.25, 0.3) is 0 Å². The average molecular weight is 280 g/mol. The predicted molar refractivity (Wildman–Crippen MR) is 77.8 cm³/mol. The summed E-state index contributed by atoms with van der Waals surface area (Å²) in [5, 5.41) is 0. The van der Waals surface area contributed by atoms with Crippen LogP contribution in [-0.2, 0) is 4.74 Å². The minimum atomic E-state index is -0.0644. The van der Waals surface area contributed by atoms with Crippen LogP contribution in [0.4, 0.5) is 0 Å². The lowest BCUT2D eigenvalue weighted by Gasteiger charge is -2.42. The summed E-state index contributed by atoms with van der Waals surface area (Å²) in [4.78, 5) is 0. The first-order valence-electron chi connectivity index (χ1n) is 6.91. The molecule has 20 heavy (non-hydrogen) atoms. The quantitative estimate of drug-likeness (QED) is 0.592. The summed E-state index contributed by atoms with van der Waals surface area (Å²) in [6.07, 6.45) is 4.19. The van der Waals surface area contributed by atoms with E-state index in [4.69, 9.17) is 20.1 Å². The van der Waals surface area contributed by atoms with Crippen molar-refractivity contribution >= 4 is 0 Å². The van der Waals surface area contributed by atoms with Crippen LogP contribution in [0.15, 0.2) is 18.2 Å². The normalized spacial score (nSPS) is 18.2. The molecule has 5 nitrogen and oxygen atoms in total. The van der Waals surface area contributed by atoms with Crippen molar-refractivity contribution in [1.29, 1.82) is 0 Å². The summed E-state index contributed by atoms with van der Waals surface area (Å²) in [5.74, 6) is 7.36. The Bertz CT molecular complexity index is 441. The van der Waals surface area contributed by atoms with Crippen LogP contribution in [0.5, 0.6) is 11.5 Å². The number of benzene rings is 1. The number of methoxy groups -OCH3 is 3. The third kappa shape index (κ3) is 2.90. The Balaban J connectivity index is 2.25. The van der Waals surface area contributed by atoms with E-state index in [9.17, 15) is 0 Å². The highest BCUT2D eigenvalue weighted by molar-refractivity contribution is 5.42. The maximum absolute atomic E-state index is 5.76. The Labute approximate surface area is 120 Å². The van der Waals surface area contributed by atoms with Crippen molar-refractivity contribution in [2.45, 2.75) is 37.3 Å². The topological polar surface area (TPSA) is 65.7 Å². The summed E-state index contributed by atoms with van der Waals surface area (Å²) >= 11 is 0. The molecule has 5 heteroatoms. The third-order valence-corrected chi connectivity index (χ3v) is 4.29. The number of hydrogen-bond acceptors (Lipinski definition) is 5. The highest BCUT2D eigenvalue weighted by Crippen LogP contribution is 2.43. The number of nitrogens with two attached hydrogens (primary N) is 1. The number of hydrogen-bond donors (Lipinski definition) is 2. The van der Waals surface area contributed by atoms with Crippen molar-refractivity contribution in [3.63, 3.8) is 0 Å². The molecule has 3 N–H and O–H groups in total. The Hall–Kier alpha value is -1.30. The Morgan fingerprint density at radius 3 is 2.45 bits per heavy atom. The van der Waals surface area contributed by atoms with E-state index >= 15 is 0 Å². The molecule has 1 aliphatic rings. The molecule has 1 aromatic carbocycles. The van der Waals surface area contributed by atoms with Crippen LogP contribution < -0.4 is 20.7 Å². The number of nitrogens with one attached hydrogen (secondary N) is 1. The Kier molecular flexibility index (Phi) is 4.86. The Morgan fingerprint density at radius 2 is 2.00 bits per heavy atom. The van der Waals surface area contributed by atoms with E-state index in [0.717, 1.165) is 36.3 Å². The van der Waals surface area contributed by atoms with Crippen molar-refractivity contribution in [3.8, 4) is 11.5 Å². The van der Waals surface area contributed by atoms with Crippen LogP contribution in [0.3, 0.4) is 0 Å². The molecule has 0 heterocycles. The largest absolute Gasteiger partial charge is 0.497 e. The van der Waals surface area contributed by atoms with Gasteiger partial charge in [-0.2, -0.15) is 0 Å². The smallest absolute Gasteiger partial charge is 0.123 e. The molecule has 1 aromatic rings. The van der Waals surface area contributed by atoms with E-state index in [2.05, 4.69) is 5.43 Å². The summed E-state index contributed by atoms with van der Waals surface area (Å²) in [7, 11) is 5.09. The highest BCUT2D eigenvalue weighted by Gasteiger charge is 2.39. The molecule has 1 saturated carbocycles. The van der Waals surface area contributed by atoms with Gasteiger partial charge < -0.3 is 14.2 Å². The molecule has 1 fully saturated rings. The van der Waals surface area contributed by atoms with E-state index in [1.165, 1.54) is 6.42 Å². The molecule has 0 saturated heterocycles. The zero-order chi connectivity index (χ0) is 14.6. The molecule has 0 bridgehead atoms. The number of hydrazine groups is 1. The second-order valence-corrected chi connectivity index (χ2v) is 5.27. The fourth-order valence-corrected chi connectivity index (χ4v) is 2.81. The van der Waals surface area contributed by atoms with Crippen molar-refractivity contribution in [3.05, 3.63) is 23.8 Å². The van der Waals surface area contributed by atoms with E-state index in [1.54, 1.807) is 21.3 Å². The van der Waals surface area contributed by atoms with Gasteiger partial charge in [-0.15, -0.1) is 0 Å². The van der Waals surface area contributed by atoms with Gasteiger partial charge >= 0.3 is 0 Å². The minimum Gasteiger partial charge on any atom is -0.497 e. The van der Waals surface area contributed by atoms with Gasteiger partial charge in [0.25, 0.3) is 0 Å². The SMILES string of the molecule is COc1ccc(OC)c(C(CC2(OC)CCC2)NN)c1. The zero-order valence-electron chi connectivity index (χ0n) is 12.4. The second-order valence-electron chi connectivity index (χ2n) is 5.27. The summed E-state index contributed by atoms with van der Waals surface area (Å²) < 4.78 is 16.4. The van der Waals surface area contributed by atoms with Crippen molar-refractivity contribution in [1.82, 2.24) is 5.43 Å². The van der Waals surface area contributed by atoms with Crippen LogP contribution in [0.1, 0.15) is 37.3 Å². The molecule has 1 aliphatic carbocycles. The van der Waals surface area contributed by atoms with E-state index in [1.807, 2.05) is 18.2 Å². The summed E-state index contributed by atoms with van der Waals surface area (Å²) in [6, 6.07) is 5.72. The molecule has 0 aromatic heterocycles. The number of ether oxygens (including phenoxy) is 3. The van der Waals surface area contributed by atoms with Crippen LogP contribution in [-0.4, -0.2) is 26.9 Å². The summed E-state index contributed by atoms with van der Waals surface area (Å²) in [6.45, 7) is 0. The second kappa shape index (κ2) is 6.43. The monoisotopic (exact) mass is 280 g/mol. The predicted octanol–water partition coefficient (Wildman–Crippen LogP) is 2.17. The lowest BCUT2D eigenvalue weighted by molar-refractivity contribution is -0.0839. The van der Waals surface area contributed by atoms with Gasteiger partial charge in [0.15, 0.2) is 0 Å². The molecular weight excluding hydrogens is 256 g/mol. The molecule has 0 amide bonds. The lowest BCUT2D eigenvalue weighted by atomic mass is 9.74. The highest BCUT2D eigenvalue weighted by atomic mass is 16.5. The minimum absolute atomic E-state index is 0.0275. The lowest BCUT2D eigenvalue weighted by Crippen LogP contribution is -2.44. The molecule has 1 atom stereocenters. The van der Waals surface area contributed by atoms with Crippen molar-refractivity contribution in [2.75, 3.05) is 21.3 Å². The molecular formula is C15H24N2O3.